The number of para-hydroxylation sites is 1. The Morgan fingerprint density at radius 3 is 2.43 bits per heavy atom. The molecule has 2 aromatic carbocycles. The Morgan fingerprint density at radius 2 is 1.78 bits per heavy atom. The summed E-state index contributed by atoms with van der Waals surface area (Å²) in [5.74, 6) is 0.311. The molecule has 4 heteroatoms. The highest BCUT2D eigenvalue weighted by atomic mass is 16.1. The van der Waals surface area contributed by atoms with Gasteiger partial charge in [0.1, 0.15) is 12.1 Å². The largest absolute Gasteiger partial charge is 0.332 e. The molecule has 2 rings (SSSR count). The fraction of sp³-hybridized carbons (Fsp3) is 0.263. The molecule has 0 saturated heterocycles. The lowest BCUT2D eigenvalue weighted by atomic mass is 9.96. The Morgan fingerprint density at radius 1 is 1.13 bits per heavy atom. The van der Waals surface area contributed by atoms with E-state index in [4.69, 9.17) is 5.26 Å². The molecule has 0 radical (unpaired) electrons. The van der Waals surface area contributed by atoms with Gasteiger partial charge in [0.25, 0.3) is 5.91 Å². The number of hydrogen-bond donors (Lipinski definition) is 2. The molecular weight excluding hydrogens is 286 g/mol. The van der Waals surface area contributed by atoms with Gasteiger partial charge in [0.05, 0.1) is 11.3 Å². The van der Waals surface area contributed by atoms with Gasteiger partial charge in [0.2, 0.25) is 0 Å². The van der Waals surface area contributed by atoms with Crippen LogP contribution in [0, 0.1) is 17.2 Å². The highest BCUT2D eigenvalue weighted by Crippen LogP contribution is 2.17. The first-order valence-corrected chi connectivity index (χ1v) is 7.79. The van der Waals surface area contributed by atoms with E-state index in [9.17, 15) is 4.79 Å². The molecule has 4 nitrogen and oxygen atoms in total. The SMILES string of the molecule is CC(C)[C@H]([NH2+]CC(=O)Nc1ccccc1C#N)c1ccccc1. The fourth-order valence-corrected chi connectivity index (χ4v) is 2.59. The summed E-state index contributed by atoms with van der Waals surface area (Å²) in [7, 11) is 0. The summed E-state index contributed by atoms with van der Waals surface area (Å²) in [5, 5.41) is 13.9. The van der Waals surface area contributed by atoms with Crippen molar-refractivity contribution in [1.82, 2.24) is 0 Å². The molecule has 0 aromatic heterocycles. The fourth-order valence-electron chi connectivity index (χ4n) is 2.59. The molecule has 0 aliphatic carbocycles. The van der Waals surface area contributed by atoms with Gasteiger partial charge in [0, 0.05) is 11.5 Å². The number of anilines is 1. The Balaban J connectivity index is 1.99. The maximum Gasteiger partial charge on any atom is 0.279 e. The molecule has 0 saturated carbocycles. The van der Waals surface area contributed by atoms with Gasteiger partial charge in [-0.2, -0.15) is 5.26 Å². The number of rotatable bonds is 6. The molecule has 2 aromatic rings. The molecular formula is C19H22N3O+. The first-order chi connectivity index (χ1) is 11.1. The van der Waals surface area contributed by atoms with Crippen LogP contribution in [0.1, 0.15) is 31.0 Å². The predicted octanol–water partition coefficient (Wildman–Crippen LogP) is 2.46. The molecule has 23 heavy (non-hydrogen) atoms. The molecule has 0 fully saturated rings. The maximum absolute atomic E-state index is 12.2. The minimum Gasteiger partial charge on any atom is -0.332 e. The van der Waals surface area contributed by atoms with Crippen LogP contribution in [0.25, 0.3) is 0 Å². The molecule has 0 spiro atoms. The van der Waals surface area contributed by atoms with Crippen molar-refractivity contribution >= 4 is 11.6 Å². The zero-order chi connectivity index (χ0) is 16.7. The number of nitrogens with zero attached hydrogens (tertiary/aromatic N) is 1. The number of benzene rings is 2. The van der Waals surface area contributed by atoms with Crippen molar-refractivity contribution in [1.29, 1.82) is 5.26 Å². The Bertz CT molecular complexity index is 689. The van der Waals surface area contributed by atoms with E-state index in [2.05, 4.69) is 37.4 Å². The molecule has 0 aliphatic heterocycles. The maximum atomic E-state index is 12.2. The number of carbonyl (C=O) groups excluding carboxylic acids is 1. The van der Waals surface area contributed by atoms with Gasteiger partial charge in [-0.05, 0) is 12.1 Å². The summed E-state index contributed by atoms with van der Waals surface area (Å²) < 4.78 is 0. The topological polar surface area (TPSA) is 69.5 Å². The number of hydrogen-bond acceptors (Lipinski definition) is 2. The van der Waals surface area contributed by atoms with Crippen LogP contribution in [0.2, 0.25) is 0 Å². The third-order valence-corrected chi connectivity index (χ3v) is 3.78. The van der Waals surface area contributed by atoms with Gasteiger partial charge in [-0.3, -0.25) is 4.79 Å². The minimum atomic E-state index is -0.103. The third kappa shape index (κ3) is 4.67. The zero-order valence-corrected chi connectivity index (χ0v) is 13.5. The van der Waals surface area contributed by atoms with Crippen molar-refractivity contribution in [2.75, 3.05) is 11.9 Å². The standard InChI is InChI=1S/C19H21N3O/c1-14(2)19(15-8-4-3-5-9-15)21-13-18(23)22-17-11-7-6-10-16(17)12-20/h3-11,14,19,21H,13H2,1-2H3,(H,22,23)/p+1/t19-/m0/s1. The first kappa shape index (κ1) is 16.7. The van der Waals surface area contributed by atoms with E-state index in [-0.39, 0.29) is 11.9 Å². The van der Waals surface area contributed by atoms with Gasteiger partial charge in [-0.25, -0.2) is 0 Å². The number of nitrogens with two attached hydrogens (primary N) is 1. The Kier molecular flexibility index (Phi) is 5.90. The predicted molar refractivity (Wildman–Crippen MR) is 90.6 cm³/mol. The lowest BCUT2D eigenvalue weighted by molar-refractivity contribution is -0.692. The second-order valence-corrected chi connectivity index (χ2v) is 5.83. The van der Waals surface area contributed by atoms with E-state index >= 15 is 0 Å². The Hall–Kier alpha value is -2.64. The molecule has 0 bridgehead atoms. The van der Waals surface area contributed by atoms with Gasteiger partial charge >= 0.3 is 0 Å². The number of nitriles is 1. The van der Waals surface area contributed by atoms with Crippen molar-refractivity contribution in [2.24, 2.45) is 5.92 Å². The molecule has 0 unspecified atom stereocenters. The van der Waals surface area contributed by atoms with Crippen LogP contribution in [0.4, 0.5) is 5.69 Å². The number of amides is 1. The van der Waals surface area contributed by atoms with E-state index in [1.54, 1.807) is 24.3 Å². The van der Waals surface area contributed by atoms with E-state index in [1.807, 2.05) is 23.5 Å². The summed E-state index contributed by atoms with van der Waals surface area (Å²) in [6.45, 7) is 4.62. The summed E-state index contributed by atoms with van der Waals surface area (Å²) in [6.07, 6.45) is 0. The molecule has 118 valence electrons. The van der Waals surface area contributed by atoms with Crippen LogP contribution in [0.3, 0.4) is 0 Å². The van der Waals surface area contributed by atoms with Crippen molar-refractivity contribution in [3.63, 3.8) is 0 Å². The van der Waals surface area contributed by atoms with Gasteiger partial charge in [-0.1, -0.05) is 56.3 Å². The second kappa shape index (κ2) is 8.11. The first-order valence-electron chi connectivity index (χ1n) is 7.79. The second-order valence-electron chi connectivity index (χ2n) is 5.83. The molecule has 0 heterocycles. The average Bonchev–Trinajstić information content (AvgIpc) is 2.56. The molecule has 1 atom stereocenters. The highest BCUT2D eigenvalue weighted by Gasteiger charge is 2.20. The normalized spacial score (nSPS) is 11.7. The van der Waals surface area contributed by atoms with Crippen molar-refractivity contribution in [2.45, 2.75) is 19.9 Å². The smallest absolute Gasteiger partial charge is 0.279 e. The van der Waals surface area contributed by atoms with Crippen LogP contribution >= 0.6 is 0 Å². The summed E-state index contributed by atoms with van der Waals surface area (Å²) in [4.78, 5) is 12.2. The monoisotopic (exact) mass is 308 g/mol. The van der Waals surface area contributed by atoms with Crippen molar-refractivity contribution in [3.8, 4) is 6.07 Å². The Labute approximate surface area is 137 Å². The van der Waals surface area contributed by atoms with Crippen LogP contribution in [-0.2, 0) is 4.79 Å². The van der Waals surface area contributed by atoms with E-state index < -0.39 is 0 Å². The average molecular weight is 308 g/mol. The van der Waals surface area contributed by atoms with Crippen molar-refractivity contribution in [3.05, 3.63) is 65.7 Å². The van der Waals surface area contributed by atoms with Gasteiger partial charge in [-0.15, -0.1) is 0 Å². The summed E-state index contributed by atoms with van der Waals surface area (Å²) >= 11 is 0. The number of nitrogens with one attached hydrogen (secondary N) is 1. The lowest BCUT2D eigenvalue weighted by Crippen LogP contribution is -2.88. The molecule has 0 aliphatic rings. The van der Waals surface area contributed by atoms with E-state index in [1.165, 1.54) is 5.56 Å². The number of quaternary nitrogens is 1. The molecule has 1 amide bonds. The number of carbonyl (C=O) groups is 1. The van der Waals surface area contributed by atoms with Gasteiger partial charge < -0.3 is 10.6 Å². The summed E-state index contributed by atoms with van der Waals surface area (Å²) in [5.41, 5.74) is 2.26. The lowest BCUT2D eigenvalue weighted by Gasteiger charge is -2.19. The van der Waals surface area contributed by atoms with Crippen LogP contribution in [0.15, 0.2) is 54.6 Å². The van der Waals surface area contributed by atoms with Crippen LogP contribution in [-0.4, -0.2) is 12.5 Å². The molecule has 3 N–H and O–H groups in total. The zero-order valence-electron chi connectivity index (χ0n) is 13.5. The van der Waals surface area contributed by atoms with Crippen LogP contribution < -0.4 is 10.6 Å². The van der Waals surface area contributed by atoms with Gasteiger partial charge in [0.15, 0.2) is 6.54 Å². The third-order valence-electron chi connectivity index (χ3n) is 3.78. The van der Waals surface area contributed by atoms with E-state index in [0.29, 0.717) is 23.7 Å². The quantitative estimate of drug-likeness (QED) is 0.860. The van der Waals surface area contributed by atoms with Crippen molar-refractivity contribution < 1.29 is 10.1 Å². The van der Waals surface area contributed by atoms with E-state index in [0.717, 1.165) is 0 Å². The van der Waals surface area contributed by atoms with Crippen LogP contribution in [0.5, 0.6) is 0 Å². The minimum absolute atomic E-state index is 0.103. The summed E-state index contributed by atoms with van der Waals surface area (Å²) in [6, 6.07) is 19.5. The highest BCUT2D eigenvalue weighted by molar-refractivity contribution is 5.92.